The molecule has 0 aromatic rings. The highest BCUT2D eigenvalue weighted by Gasteiger charge is 2.51. The second-order valence-corrected chi connectivity index (χ2v) is 5.01. The number of carbonyl (C=O) groups excluding carboxylic acids is 2. The summed E-state index contributed by atoms with van der Waals surface area (Å²) in [4.78, 5) is 25.3. The second kappa shape index (κ2) is 4.58. The molecule has 1 aliphatic heterocycles. The largest absolute Gasteiger partial charge is 0.278 e. The maximum atomic E-state index is 12.0. The number of rotatable bonds is 3. The van der Waals surface area contributed by atoms with Gasteiger partial charge < -0.3 is 0 Å². The van der Waals surface area contributed by atoms with Gasteiger partial charge in [-0.15, -0.1) is 11.6 Å². The van der Waals surface area contributed by atoms with Gasteiger partial charge in [-0.05, 0) is 18.8 Å². The molecule has 16 heavy (non-hydrogen) atoms. The van der Waals surface area contributed by atoms with Gasteiger partial charge in [0.25, 0.3) is 0 Å². The summed E-state index contributed by atoms with van der Waals surface area (Å²) in [7, 11) is 0. The van der Waals surface area contributed by atoms with Gasteiger partial charge in [0.1, 0.15) is 0 Å². The summed E-state index contributed by atoms with van der Waals surface area (Å²) in [5.41, 5.74) is 0. The van der Waals surface area contributed by atoms with Crippen LogP contribution in [-0.4, -0.2) is 29.1 Å². The molecule has 0 aromatic carbocycles. The third-order valence-electron chi connectivity index (χ3n) is 3.51. The van der Waals surface area contributed by atoms with Crippen molar-refractivity contribution < 1.29 is 9.59 Å². The first-order valence-corrected chi connectivity index (χ1v) is 6.24. The Hall–Kier alpha value is -0.830. The van der Waals surface area contributed by atoms with Crippen LogP contribution >= 0.6 is 11.6 Å². The fraction of sp³-hybridized carbons (Fsp3) is 0.667. The first-order chi connectivity index (χ1) is 7.65. The third kappa shape index (κ3) is 1.88. The van der Waals surface area contributed by atoms with Crippen molar-refractivity contribution in [2.24, 2.45) is 17.8 Å². The third-order valence-corrected chi connectivity index (χ3v) is 3.69. The van der Waals surface area contributed by atoms with Gasteiger partial charge in [0, 0.05) is 12.4 Å². The van der Waals surface area contributed by atoms with Gasteiger partial charge >= 0.3 is 0 Å². The number of alkyl halides is 1. The fourth-order valence-corrected chi connectivity index (χ4v) is 2.90. The topological polar surface area (TPSA) is 37.4 Å². The van der Waals surface area contributed by atoms with Crippen LogP contribution in [0.3, 0.4) is 0 Å². The Balaban J connectivity index is 2.05. The smallest absolute Gasteiger partial charge is 0.233 e. The number of allylic oxidation sites excluding steroid dienone is 1. The summed E-state index contributed by atoms with van der Waals surface area (Å²) in [6.07, 6.45) is 5.28. The van der Waals surface area contributed by atoms with Crippen molar-refractivity contribution in [1.82, 2.24) is 4.90 Å². The maximum Gasteiger partial charge on any atom is 0.233 e. The average molecular weight is 242 g/mol. The van der Waals surface area contributed by atoms with E-state index in [2.05, 4.69) is 6.92 Å². The van der Waals surface area contributed by atoms with E-state index in [1.54, 1.807) is 12.2 Å². The molecule has 1 heterocycles. The van der Waals surface area contributed by atoms with Crippen molar-refractivity contribution in [1.29, 1.82) is 0 Å². The minimum atomic E-state index is -0.0492. The van der Waals surface area contributed by atoms with Crippen molar-refractivity contribution in [3.05, 3.63) is 12.2 Å². The molecule has 2 unspecified atom stereocenters. The summed E-state index contributed by atoms with van der Waals surface area (Å²) >= 11 is 5.50. The van der Waals surface area contributed by atoms with E-state index in [9.17, 15) is 9.59 Å². The Morgan fingerprint density at radius 2 is 1.81 bits per heavy atom. The first-order valence-electron chi connectivity index (χ1n) is 5.71. The molecule has 88 valence electrons. The van der Waals surface area contributed by atoms with Crippen LogP contribution in [0.2, 0.25) is 0 Å². The van der Waals surface area contributed by atoms with Crippen LogP contribution in [0.4, 0.5) is 0 Å². The number of carbonyl (C=O) groups is 2. The van der Waals surface area contributed by atoms with E-state index in [-0.39, 0.29) is 23.7 Å². The Kier molecular flexibility index (Phi) is 3.33. The quantitative estimate of drug-likeness (QED) is 0.429. The summed E-state index contributed by atoms with van der Waals surface area (Å²) in [6.45, 7) is 2.49. The monoisotopic (exact) mass is 241 g/mol. The first kappa shape index (κ1) is 11.6. The van der Waals surface area contributed by atoms with Crippen LogP contribution in [0.15, 0.2) is 12.2 Å². The number of fused-ring (bicyclic) bond motifs is 1. The highest BCUT2D eigenvalue weighted by molar-refractivity contribution is 6.18. The number of hydrogen-bond donors (Lipinski definition) is 0. The molecule has 4 heteroatoms. The highest BCUT2D eigenvalue weighted by atomic mass is 35.5. The van der Waals surface area contributed by atoms with Gasteiger partial charge in [0.05, 0.1) is 11.8 Å². The van der Waals surface area contributed by atoms with Crippen molar-refractivity contribution in [3.8, 4) is 0 Å². The second-order valence-electron chi connectivity index (χ2n) is 4.70. The molecule has 0 aromatic heterocycles. The molecule has 0 radical (unpaired) electrons. The molecule has 2 rings (SSSR count). The highest BCUT2D eigenvalue weighted by Crippen LogP contribution is 2.42. The zero-order valence-electron chi connectivity index (χ0n) is 9.36. The molecule has 2 aliphatic rings. The van der Waals surface area contributed by atoms with Gasteiger partial charge in [-0.25, -0.2) is 0 Å². The van der Waals surface area contributed by atoms with E-state index in [4.69, 9.17) is 11.6 Å². The molecule has 1 saturated carbocycles. The van der Waals surface area contributed by atoms with Gasteiger partial charge in [-0.3, -0.25) is 14.5 Å². The molecule has 0 N–H and O–H groups in total. The Bertz CT molecular complexity index is 316. The molecular weight excluding hydrogens is 226 g/mol. The minimum absolute atomic E-state index is 0.0126. The van der Waals surface area contributed by atoms with Crippen molar-refractivity contribution >= 4 is 23.4 Å². The van der Waals surface area contributed by atoms with Crippen LogP contribution in [-0.2, 0) is 9.59 Å². The van der Waals surface area contributed by atoms with E-state index in [0.717, 1.165) is 12.8 Å². The number of nitrogens with zero attached hydrogens (tertiary/aromatic N) is 1. The number of likely N-dealkylation sites (tertiary alicyclic amines) is 1. The Morgan fingerprint density at radius 1 is 1.25 bits per heavy atom. The molecular formula is C12H16ClNO2. The molecule has 2 fully saturated rings. The van der Waals surface area contributed by atoms with Crippen LogP contribution in [0.5, 0.6) is 0 Å². The molecule has 0 bridgehead atoms. The lowest BCUT2D eigenvalue weighted by Gasteiger charge is -2.14. The van der Waals surface area contributed by atoms with Crippen LogP contribution in [0.1, 0.15) is 19.8 Å². The van der Waals surface area contributed by atoms with E-state index >= 15 is 0 Å². The van der Waals surface area contributed by atoms with Crippen molar-refractivity contribution in [3.63, 3.8) is 0 Å². The average Bonchev–Trinajstić information content (AvgIpc) is 2.72. The van der Waals surface area contributed by atoms with Gasteiger partial charge in [0.15, 0.2) is 0 Å². The number of halogens is 1. The van der Waals surface area contributed by atoms with E-state index in [1.165, 1.54) is 4.90 Å². The summed E-state index contributed by atoms with van der Waals surface area (Å²) < 4.78 is 0. The summed E-state index contributed by atoms with van der Waals surface area (Å²) in [6, 6.07) is 0. The standard InChI is InChI=1S/C12H16ClNO2/c1-8-6-9-10(7-8)12(16)14(11(9)15)5-3-2-4-13/h2-3,8-10H,4-7H2,1H3/b3-2+. The lowest BCUT2D eigenvalue weighted by atomic mass is 10.00. The maximum absolute atomic E-state index is 12.0. The molecule has 0 spiro atoms. The predicted octanol–water partition coefficient (Wildman–Crippen LogP) is 1.81. The summed E-state index contributed by atoms with van der Waals surface area (Å²) in [5, 5.41) is 0. The van der Waals surface area contributed by atoms with Crippen molar-refractivity contribution in [2.75, 3.05) is 12.4 Å². The number of amides is 2. The molecule has 3 nitrogen and oxygen atoms in total. The predicted molar refractivity (Wildman–Crippen MR) is 62.0 cm³/mol. The SMILES string of the molecule is CC1CC2C(=O)N(C/C=C/CCl)C(=O)C2C1. The van der Waals surface area contributed by atoms with E-state index in [1.807, 2.05) is 0 Å². The normalized spacial score (nSPS) is 34.1. The zero-order valence-corrected chi connectivity index (χ0v) is 10.1. The Morgan fingerprint density at radius 3 is 2.31 bits per heavy atom. The van der Waals surface area contributed by atoms with Gasteiger partial charge in [-0.1, -0.05) is 19.1 Å². The molecule has 1 saturated heterocycles. The number of hydrogen-bond acceptors (Lipinski definition) is 2. The van der Waals surface area contributed by atoms with Crippen LogP contribution in [0.25, 0.3) is 0 Å². The zero-order chi connectivity index (χ0) is 11.7. The number of imide groups is 1. The minimum Gasteiger partial charge on any atom is -0.278 e. The van der Waals surface area contributed by atoms with Gasteiger partial charge in [0.2, 0.25) is 11.8 Å². The Labute approximate surface area is 100 Å². The van der Waals surface area contributed by atoms with E-state index < -0.39 is 0 Å². The fourth-order valence-electron chi connectivity index (χ4n) is 2.77. The van der Waals surface area contributed by atoms with Crippen molar-refractivity contribution in [2.45, 2.75) is 19.8 Å². The molecule has 2 atom stereocenters. The summed E-state index contributed by atoms with van der Waals surface area (Å²) in [5.74, 6) is 0.847. The lowest BCUT2D eigenvalue weighted by Crippen LogP contribution is -2.32. The molecule has 1 aliphatic carbocycles. The van der Waals surface area contributed by atoms with Crippen LogP contribution in [0, 0.1) is 17.8 Å². The molecule has 2 amide bonds. The van der Waals surface area contributed by atoms with E-state index in [0.29, 0.717) is 18.3 Å². The van der Waals surface area contributed by atoms with Crippen LogP contribution < -0.4 is 0 Å². The lowest BCUT2D eigenvalue weighted by molar-refractivity contribution is -0.139. The van der Waals surface area contributed by atoms with Gasteiger partial charge in [-0.2, -0.15) is 0 Å².